The van der Waals surface area contributed by atoms with Gasteiger partial charge in [0.25, 0.3) is 0 Å². The average molecular weight is 210 g/mol. The molecule has 1 aromatic rings. The highest BCUT2D eigenvalue weighted by molar-refractivity contribution is 5.73. The quantitative estimate of drug-likeness (QED) is 0.768. The number of aryl methyl sites for hydroxylation is 2. The van der Waals surface area contributed by atoms with Crippen LogP contribution in [-0.4, -0.2) is 13.1 Å². The fourth-order valence-electron chi connectivity index (χ4n) is 1.41. The molecule has 0 unspecified atom stereocenters. The van der Waals surface area contributed by atoms with Crippen LogP contribution in [0.4, 0.5) is 9.18 Å². The number of benzene rings is 1. The standard InChI is InChI=1S/C11H15FN2O/c1-7-4-9(5-8(2)10(7)12)6-14-11(15)13-3/h4-5H,6H2,1-3H3,(H2,13,14,15). The van der Waals surface area contributed by atoms with E-state index in [9.17, 15) is 9.18 Å². The average Bonchev–Trinajstić information content (AvgIpc) is 2.22. The van der Waals surface area contributed by atoms with Gasteiger partial charge in [-0.3, -0.25) is 0 Å². The molecule has 1 rings (SSSR count). The number of hydrogen-bond acceptors (Lipinski definition) is 1. The van der Waals surface area contributed by atoms with E-state index in [0.717, 1.165) is 5.56 Å². The Kier molecular flexibility index (Phi) is 3.66. The molecule has 2 N–H and O–H groups in total. The minimum absolute atomic E-state index is 0.182. The number of carbonyl (C=O) groups excluding carboxylic acids is 1. The lowest BCUT2D eigenvalue weighted by Crippen LogP contribution is -2.32. The first-order valence-corrected chi connectivity index (χ1v) is 4.75. The lowest BCUT2D eigenvalue weighted by Gasteiger charge is -2.08. The molecule has 0 aliphatic carbocycles. The zero-order valence-electron chi connectivity index (χ0n) is 9.15. The maximum Gasteiger partial charge on any atom is 0.314 e. The third-order valence-electron chi connectivity index (χ3n) is 2.18. The molecule has 0 saturated carbocycles. The van der Waals surface area contributed by atoms with Crippen molar-refractivity contribution in [3.05, 3.63) is 34.6 Å². The highest BCUT2D eigenvalue weighted by Crippen LogP contribution is 2.14. The van der Waals surface area contributed by atoms with Gasteiger partial charge in [0.05, 0.1) is 0 Å². The Bertz CT molecular complexity index is 354. The van der Waals surface area contributed by atoms with Gasteiger partial charge in [0.2, 0.25) is 0 Å². The Morgan fingerprint density at radius 1 is 1.33 bits per heavy atom. The monoisotopic (exact) mass is 210 g/mol. The maximum atomic E-state index is 13.3. The van der Waals surface area contributed by atoms with E-state index in [4.69, 9.17) is 0 Å². The predicted octanol–water partition coefficient (Wildman–Crippen LogP) is 1.87. The van der Waals surface area contributed by atoms with Crippen LogP contribution in [0.15, 0.2) is 12.1 Å². The van der Waals surface area contributed by atoms with E-state index < -0.39 is 0 Å². The maximum absolute atomic E-state index is 13.3. The Balaban J connectivity index is 2.75. The van der Waals surface area contributed by atoms with Gasteiger partial charge in [-0.25, -0.2) is 9.18 Å². The van der Waals surface area contributed by atoms with Crippen molar-refractivity contribution in [3.8, 4) is 0 Å². The van der Waals surface area contributed by atoms with Gasteiger partial charge in [-0.15, -0.1) is 0 Å². The lowest BCUT2D eigenvalue weighted by molar-refractivity contribution is 0.242. The molecule has 1 aromatic carbocycles. The number of hydrogen-bond donors (Lipinski definition) is 2. The van der Waals surface area contributed by atoms with Crippen LogP contribution in [0, 0.1) is 19.7 Å². The molecule has 82 valence electrons. The molecule has 0 saturated heterocycles. The number of amides is 2. The fourth-order valence-corrected chi connectivity index (χ4v) is 1.41. The zero-order chi connectivity index (χ0) is 11.4. The van der Waals surface area contributed by atoms with Gasteiger partial charge in [0.15, 0.2) is 0 Å². The van der Waals surface area contributed by atoms with Crippen LogP contribution in [0.3, 0.4) is 0 Å². The first kappa shape index (κ1) is 11.5. The van der Waals surface area contributed by atoms with Crippen LogP contribution >= 0.6 is 0 Å². The van der Waals surface area contributed by atoms with Gasteiger partial charge in [-0.2, -0.15) is 0 Å². The molecule has 0 spiro atoms. The third kappa shape index (κ3) is 2.94. The molecule has 4 heteroatoms. The number of urea groups is 1. The van der Waals surface area contributed by atoms with Crippen LogP contribution in [0.5, 0.6) is 0 Å². The number of nitrogens with one attached hydrogen (secondary N) is 2. The molecular weight excluding hydrogens is 195 g/mol. The number of rotatable bonds is 2. The van der Waals surface area contributed by atoms with E-state index in [1.54, 1.807) is 33.0 Å². The molecule has 0 bridgehead atoms. The summed E-state index contributed by atoms with van der Waals surface area (Å²) in [5, 5.41) is 5.10. The molecule has 15 heavy (non-hydrogen) atoms. The predicted molar refractivity (Wildman–Crippen MR) is 57.2 cm³/mol. The molecule has 2 amide bonds. The van der Waals surface area contributed by atoms with Gasteiger partial charge in [0, 0.05) is 13.6 Å². The fraction of sp³-hybridized carbons (Fsp3) is 0.364. The van der Waals surface area contributed by atoms with E-state index >= 15 is 0 Å². The minimum Gasteiger partial charge on any atom is -0.341 e. The molecule has 0 aromatic heterocycles. The Hall–Kier alpha value is -1.58. The summed E-state index contributed by atoms with van der Waals surface area (Å²) in [7, 11) is 1.55. The molecule has 0 fully saturated rings. The normalized spacial score (nSPS) is 9.87. The van der Waals surface area contributed by atoms with Crippen molar-refractivity contribution in [2.24, 2.45) is 0 Å². The van der Waals surface area contributed by atoms with Crippen molar-refractivity contribution in [1.82, 2.24) is 10.6 Å². The number of carbonyl (C=O) groups is 1. The van der Waals surface area contributed by atoms with Crippen LogP contribution in [-0.2, 0) is 6.54 Å². The SMILES string of the molecule is CNC(=O)NCc1cc(C)c(F)c(C)c1. The molecule has 0 aliphatic heterocycles. The first-order chi connectivity index (χ1) is 7.04. The topological polar surface area (TPSA) is 41.1 Å². The van der Waals surface area contributed by atoms with Crippen LogP contribution in [0.1, 0.15) is 16.7 Å². The summed E-state index contributed by atoms with van der Waals surface area (Å²) >= 11 is 0. The van der Waals surface area contributed by atoms with E-state index in [2.05, 4.69) is 10.6 Å². The first-order valence-electron chi connectivity index (χ1n) is 4.75. The van der Waals surface area contributed by atoms with Gasteiger partial charge in [-0.05, 0) is 30.5 Å². The summed E-state index contributed by atoms with van der Waals surface area (Å²) < 4.78 is 13.3. The summed E-state index contributed by atoms with van der Waals surface area (Å²) in [6, 6.07) is 3.23. The highest BCUT2D eigenvalue weighted by Gasteiger charge is 2.04. The Morgan fingerprint density at radius 3 is 2.33 bits per heavy atom. The molecule has 0 aliphatic rings. The molecule has 0 heterocycles. The van der Waals surface area contributed by atoms with E-state index in [1.165, 1.54) is 0 Å². The minimum atomic E-state index is -0.241. The van der Waals surface area contributed by atoms with E-state index in [-0.39, 0.29) is 11.8 Å². The summed E-state index contributed by atoms with van der Waals surface area (Å²) in [6.45, 7) is 3.83. The largest absolute Gasteiger partial charge is 0.341 e. The summed E-state index contributed by atoms with van der Waals surface area (Å²) in [6.07, 6.45) is 0. The summed E-state index contributed by atoms with van der Waals surface area (Å²) in [4.78, 5) is 10.9. The van der Waals surface area contributed by atoms with Gasteiger partial charge in [-0.1, -0.05) is 12.1 Å². The Morgan fingerprint density at radius 2 is 1.87 bits per heavy atom. The molecule has 0 radical (unpaired) electrons. The third-order valence-corrected chi connectivity index (χ3v) is 2.18. The van der Waals surface area contributed by atoms with Crippen LogP contribution in [0.2, 0.25) is 0 Å². The second-order valence-corrected chi connectivity index (χ2v) is 3.48. The van der Waals surface area contributed by atoms with E-state index in [0.29, 0.717) is 17.7 Å². The smallest absolute Gasteiger partial charge is 0.314 e. The zero-order valence-corrected chi connectivity index (χ0v) is 9.15. The van der Waals surface area contributed by atoms with Gasteiger partial charge in [0.1, 0.15) is 5.82 Å². The molecule has 3 nitrogen and oxygen atoms in total. The second kappa shape index (κ2) is 4.77. The van der Waals surface area contributed by atoms with Crippen molar-refractivity contribution in [2.45, 2.75) is 20.4 Å². The van der Waals surface area contributed by atoms with E-state index in [1.807, 2.05) is 0 Å². The van der Waals surface area contributed by atoms with Gasteiger partial charge >= 0.3 is 6.03 Å². The molecular formula is C11H15FN2O. The van der Waals surface area contributed by atoms with Crippen LogP contribution < -0.4 is 10.6 Å². The lowest BCUT2D eigenvalue weighted by atomic mass is 10.1. The van der Waals surface area contributed by atoms with Crippen molar-refractivity contribution in [3.63, 3.8) is 0 Å². The molecule has 0 atom stereocenters. The van der Waals surface area contributed by atoms with Crippen LogP contribution in [0.25, 0.3) is 0 Å². The van der Waals surface area contributed by atoms with Crippen molar-refractivity contribution in [2.75, 3.05) is 7.05 Å². The van der Waals surface area contributed by atoms with Crippen molar-refractivity contribution < 1.29 is 9.18 Å². The van der Waals surface area contributed by atoms with Crippen molar-refractivity contribution >= 4 is 6.03 Å². The Labute approximate surface area is 88.7 Å². The number of halogens is 1. The summed E-state index contributed by atoms with van der Waals surface area (Å²) in [5.74, 6) is -0.182. The van der Waals surface area contributed by atoms with Gasteiger partial charge < -0.3 is 10.6 Å². The second-order valence-electron chi connectivity index (χ2n) is 3.48. The highest BCUT2D eigenvalue weighted by atomic mass is 19.1. The van der Waals surface area contributed by atoms with Crippen molar-refractivity contribution in [1.29, 1.82) is 0 Å². The summed E-state index contributed by atoms with van der Waals surface area (Å²) in [5.41, 5.74) is 2.10.